The summed E-state index contributed by atoms with van der Waals surface area (Å²) in [6, 6.07) is 6.66. The van der Waals surface area contributed by atoms with Gasteiger partial charge in [-0.25, -0.2) is 0 Å². The highest BCUT2D eigenvalue weighted by Crippen LogP contribution is 2.38. The zero-order valence-electron chi connectivity index (χ0n) is 11.2. The molecule has 0 aromatic heterocycles. The van der Waals surface area contributed by atoms with E-state index in [0.717, 1.165) is 12.3 Å². The molecular formula is C14H22N2O. The van der Waals surface area contributed by atoms with Gasteiger partial charge >= 0.3 is 0 Å². The van der Waals surface area contributed by atoms with E-state index in [4.69, 9.17) is 10.5 Å². The predicted molar refractivity (Wildman–Crippen MR) is 71.7 cm³/mol. The highest BCUT2D eigenvalue weighted by atomic mass is 16.5. The molecule has 1 atom stereocenters. The number of hydrogen-bond donors (Lipinski definition) is 1. The fourth-order valence-corrected chi connectivity index (χ4v) is 2.28. The first kappa shape index (κ1) is 12.2. The molecule has 1 aliphatic rings. The first-order chi connectivity index (χ1) is 7.93. The van der Waals surface area contributed by atoms with Gasteiger partial charge in [0, 0.05) is 12.6 Å². The fraction of sp³-hybridized carbons (Fsp3) is 0.571. The molecule has 3 heteroatoms. The molecule has 1 unspecified atom stereocenters. The number of nitrogens with two attached hydrogens (primary N) is 1. The van der Waals surface area contributed by atoms with Crippen molar-refractivity contribution in [2.75, 3.05) is 18.0 Å². The van der Waals surface area contributed by atoms with E-state index in [-0.39, 0.29) is 5.60 Å². The average molecular weight is 234 g/mol. The van der Waals surface area contributed by atoms with E-state index in [2.05, 4.69) is 50.8 Å². The summed E-state index contributed by atoms with van der Waals surface area (Å²) in [6.45, 7) is 10.0. The highest BCUT2D eigenvalue weighted by molar-refractivity contribution is 5.62. The minimum absolute atomic E-state index is 0.161. The van der Waals surface area contributed by atoms with Gasteiger partial charge in [-0.15, -0.1) is 0 Å². The van der Waals surface area contributed by atoms with Gasteiger partial charge in [-0.05, 0) is 45.4 Å². The molecule has 94 valence electrons. The summed E-state index contributed by atoms with van der Waals surface area (Å²) in [6.07, 6.45) is 0. The number of nitrogens with zero attached hydrogens (tertiary/aromatic N) is 1. The van der Waals surface area contributed by atoms with Crippen LogP contribution in [0.5, 0.6) is 5.75 Å². The first-order valence-corrected chi connectivity index (χ1v) is 6.19. The maximum absolute atomic E-state index is 6.02. The minimum Gasteiger partial charge on any atom is -0.484 e. The van der Waals surface area contributed by atoms with Crippen LogP contribution in [0.1, 0.15) is 26.3 Å². The van der Waals surface area contributed by atoms with Crippen molar-refractivity contribution < 1.29 is 4.74 Å². The standard InChI is InChI=1S/C14H22N2O/c1-10-5-6-13-12(7-10)16(11(2)8-15)9-14(3,4)17-13/h5-7,11H,8-9,15H2,1-4H3. The summed E-state index contributed by atoms with van der Waals surface area (Å²) in [5, 5.41) is 0. The van der Waals surface area contributed by atoms with Crippen LogP contribution in [0.3, 0.4) is 0 Å². The number of rotatable bonds is 2. The van der Waals surface area contributed by atoms with E-state index in [9.17, 15) is 0 Å². The molecule has 2 N–H and O–H groups in total. The van der Waals surface area contributed by atoms with Crippen molar-refractivity contribution in [2.45, 2.75) is 39.3 Å². The van der Waals surface area contributed by atoms with Crippen molar-refractivity contribution >= 4 is 5.69 Å². The molecule has 0 spiro atoms. The molecule has 0 saturated heterocycles. The Morgan fingerprint density at radius 1 is 1.47 bits per heavy atom. The summed E-state index contributed by atoms with van der Waals surface area (Å²) in [7, 11) is 0. The molecule has 0 bridgehead atoms. The van der Waals surface area contributed by atoms with Gasteiger partial charge in [0.25, 0.3) is 0 Å². The molecule has 0 radical (unpaired) electrons. The van der Waals surface area contributed by atoms with E-state index in [1.54, 1.807) is 0 Å². The summed E-state index contributed by atoms with van der Waals surface area (Å²) in [5.41, 5.74) is 8.06. The molecule has 0 amide bonds. The van der Waals surface area contributed by atoms with Crippen LogP contribution in [0.25, 0.3) is 0 Å². The van der Waals surface area contributed by atoms with Crippen molar-refractivity contribution in [3.05, 3.63) is 23.8 Å². The number of fused-ring (bicyclic) bond motifs is 1. The Morgan fingerprint density at radius 3 is 2.82 bits per heavy atom. The van der Waals surface area contributed by atoms with Crippen molar-refractivity contribution in [3.8, 4) is 5.75 Å². The van der Waals surface area contributed by atoms with Crippen LogP contribution in [-0.4, -0.2) is 24.7 Å². The van der Waals surface area contributed by atoms with Gasteiger partial charge in [0.2, 0.25) is 0 Å². The average Bonchev–Trinajstić information content (AvgIpc) is 2.27. The van der Waals surface area contributed by atoms with E-state index >= 15 is 0 Å². The summed E-state index contributed by atoms with van der Waals surface area (Å²) in [5.74, 6) is 0.965. The van der Waals surface area contributed by atoms with E-state index in [1.165, 1.54) is 11.3 Å². The van der Waals surface area contributed by atoms with Crippen LogP contribution in [0.2, 0.25) is 0 Å². The van der Waals surface area contributed by atoms with Crippen molar-refractivity contribution in [1.29, 1.82) is 0 Å². The Labute approximate surface area is 104 Å². The second-order valence-electron chi connectivity index (χ2n) is 5.55. The topological polar surface area (TPSA) is 38.5 Å². The minimum atomic E-state index is -0.161. The molecule has 1 aliphatic heterocycles. The number of aryl methyl sites for hydroxylation is 1. The van der Waals surface area contributed by atoms with Gasteiger partial charge in [-0.3, -0.25) is 0 Å². The van der Waals surface area contributed by atoms with Gasteiger partial charge in [0.1, 0.15) is 11.4 Å². The Balaban J connectivity index is 2.44. The van der Waals surface area contributed by atoms with E-state index in [0.29, 0.717) is 12.6 Å². The number of hydrogen-bond acceptors (Lipinski definition) is 3. The van der Waals surface area contributed by atoms with Gasteiger partial charge in [-0.2, -0.15) is 0 Å². The lowest BCUT2D eigenvalue weighted by Gasteiger charge is -2.43. The summed E-state index contributed by atoms with van der Waals surface area (Å²) < 4.78 is 6.02. The zero-order chi connectivity index (χ0) is 12.6. The Hall–Kier alpha value is -1.22. The molecule has 0 aliphatic carbocycles. The molecule has 2 rings (SSSR count). The van der Waals surface area contributed by atoms with Gasteiger partial charge in [-0.1, -0.05) is 6.07 Å². The molecule has 3 nitrogen and oxygen atoms in total. The van der Waals surface area contributed by atoms with Crippen LogP contribution in [0.15, 0.2) is 18.2 Å². The fourth-order valence-electron chi connectivity index (χ4n) is 2.28. The third-order valence-corrected chi connectivity index (χ3v) is 3.23. The van der Waals surface area contributed by atoms with Crippen LogP contribution in [-0.2, 0) is 0 Å². The van der Waals surface area contributed by atoms with Crippen LogP contribution in [0.4, 0.5) is 5.69 Å². The maximum atomic E-state index is 6.02. The van der Waals surface area contributed by atoms with Crippen LogP contribution < -0.4 is 15.4 Å². The SMILES string of the molecule is Cc1ccc2c(c1)N(C(C)CN)CC(C)(C)O2. The van der Waals surface area contributed by atoms with Crippen molar-refractivity contribution in [1.82, 2.24) is 0 Å². The normalized spacial score (nSPS) is 19.5. The molecular weight excluding hydrogens is 212 g/mol. The monoisotopic (exact) mass is 234 g/mol. The third-order valence-electron chi connectivity index (χ3n) is 3.23. The molecule has 1 aromatic carbocycles. The Morgan fingerprint density at radius 2 is 2.18 bits per heavy atom. The number of benzene rings is 1. The van der Waals surface area contributed by atoms with E-state index < -0.39 is 0 Å². The highest BCUT2D eigenvalue weighted by Gasteiger charge is 2.33. The second-order valence-corrected chi connectivity index (χ2v) is 5.55. The largest absolute Gasteiger partial charge is 0.484 e. The van der Waals surface area contributed by atoms with Crippen LogP contribution in [0, 0.1) is 6.92 Å². The van der Waals surface area contributed by atoms with Crippen molar-refractivity contribution in [3.63, 3.8) is 0 Å². The predicted octanol–water partition coefficient (Wildman–Crippen LogP) is 2.32. The molecule has 17 heavy (non-hydrogen) atoms. The van der Waals surface area contributed by atoms with E-state index in [1.807, 2.05) is 0 Å². The van der Waals surface area contributed by atoms with Gasteiger partial charge in [0.05, 0.1) is 12.2 Å². The molecule has 0 fully saturated rings. The first-order valence-electron chi connectivity index (χ1n) is 6.19. The lowest BCUT2D eigenvalue weighted by molar-refractivity contribution is 0.102. The Kier molecular flexibility index (Phi) is 3.04. The van der Waals surface area contributed by atoms with Gasteiger partial charge in [0.15, 0.2) is 0 Å². The molecule has 1 aromatic rings. The third kappa shape index (κ3) is 2.39. The van der Waals surface area contributed by atoms with Crippen molar-refractivity contribution in [2.24, 2.45) is 5.73 Å². The lowest BCUT2D eigenvalue weighted by Crippen LogP contribution is -2.52. The quantitative estimate of drug-likeness (QED) is 0.853. The zero-order valence-corrected chi connectivity index (χ0v) is 11.2. The number of anilines is 1. The smallest absolute Gasteiger partial charge is 0.143 e. The summed E-state index contributed by atoms with van der Waals surface area (Å²) >= 11 is 0. The molecule has 1 heterocycles. The molecule has 0 saturated carbocycles. The summed E-state index contributed by atoms with van der Waals surface area (Å²) in [4.78, 5) is 2.35. The Bertz CT molecular complexity index is 415. The van der Waals surface area contributed by atoms with Gasteiger partial charge < -0.3 is 15.4 Å². The lowest BCUT2D eigenvalue weighted by atomic mass is 10.0. The number of ether oxygens (including phenoxy) is 1. The second kappa shape index (κ2) is 4.22. The maximum Gasteiger partial charge on any atom is 0.143 e. The van der Waals surface area contributed by atoms with Crippen LogP contribution >= 0.6 is 0 Å².